The summed E-state index contributed by atoms with van der Waals surface area (Å²) in [5.41, 5.74) is 9.00. The number of hydrogen-bond donors (Lipinski definition) is 3. The lowest BCUT2D eigenvalue weighted by Crippen LogP contribution is -2.39. The number of halogens is 5. The van der Waals surface area contributed by atoms with Gasteiger partial charge < -0.3 is 11.1 Å². The van der Waals surface area contributed by atoms with Gasteiger partial charge in [0.15, 0.2) is 11.7 Å². The Bertz CT molecular complexity index is 1370. The van der Waals surface area contributed by atoms with Crippen molar-refractivity contribution in [2.45, 2.75) is 37.8 Å². The largest absolute Gasteiger partial charge is 0.389 e. The highest BCUT2D eigenvalue weighted by Crippen LogP contribution is 2.45. The second-order valence-electron chi connectivity index (χ2n) is 8.57. The summed E-state index contributed by atoms with van der Waals surface area (Å²) < 4.78 is 52.1. The number of amidine groups is 1. The third-order valence-corrected chi connectivity index (χ3v) is 6.49. The number of nitrogens with zero attached hydrogens (tertiary/aromatic N) is 5. The molecular weight excluding hydrogens is 504 g/mol. The third kappa shape index (κ3) is 4.07. The predicted octanol–water partition coefficient (Wildman–Crippen LogP) is 3.77. The second kappa shape index (κ2) is 8.52. The number of nitrogen functional groups attached to an aromatic ring is 1. The topological polar surface area (TPSA) is 121 Å². The van der Waals surface area contributed by atoms with Gasteiger partial charge in [-0.1, -0.05) is 17.7 Å². The van der Waals surface area contributed by atoms with Crippen LogP contribution in [0.25, 0.3) is 5.70 Å². The number of hydrogen-bond acceptors (Lipinski definition) is 8. The van der Waals surface area contributed by atoms with Crippen LogP contribution in [0.5, 0.6) is 0 Å². The number of nitrogens with one attached hydrogen (secondary N) is 2. The first-order valence-corrected chi connectivity index (χ1v) is 11.2. The number of aromatic nitrogens is 2. The highest BCUT2D eigenvalue weighted by atomic mass is 35.5. The molecule has 1 aromatic heterocycles. The van der Waals surface area contributed by atoms with E-state index in [1.54, 1.807) is 13.1 Å². The zero-order valence-electron chi connectivity index (χ0n) is 18.7. The summed E-state index contributed by atoms with van der Waals surface area (Å²) in [6.45, 7) is 1.81. The van der Waals surface area contributed by atoms with Gasteiger partial charge in [0.05, 0.1) is 22.5 Å². The number of carbonyl (C=O) groups is 1. The fraction of sp³-hybridized carbons (Fsp3) is 0.318. The minimum atomic E-state index is -4.28. The molecule has 0 saturated heterocycles. The first-order chi connectivity index (χ1) is 17.0. The number of nitrogens with two attached hydrogens (primary N) is 1. The van der Waals surface area contributed by atoms with Gasteiger partial charge >= 0.3 is 6.18 Å². The molecule has 1 amide bonds. The molecule has 0 aliphatic carbocycles. The van der Waals surface area contributed by atoms with Crippen LogP contribution in [-0.2, 0) is 10.2 Å². The van der Waals surface area contributed by atoms with E-state index in [9.17, 15) is 22.4 Å². The molecule has 0 saturated carbocycles. The van der Waals surface area contributed by atoms with E-state index in [-0.39, 0.29) is 53.3 Å². The highest BCUT2D eigenvalue weighted by molar-refractivity contribution is 6.43. The number of anilines is 2. The van der Waals surface area contributed by atoms with E-state index in [1.807, 2.05) is 0 Å². The number of benzene rings is 1. The second-order valence-corrected chi connectivity index (χ2v) is 8.98. The Labute approximate surface area is 207 Å². The van der Waals surface area contributed by atoms with Crippen LogP contribution < -0.4 is 16.5 Å². The standard InChI is InChI=1S/C22H19ClF4N8O/c1-21(10-4-5-11(23)12(24)7-10)15-16(28)32-17(33-18(15)34-20(21)36)14-8-35-19(29-9-30-35)13(31-14)3-2-6-22(25,26)27/h4-5,7-8,30H,2-3,6,9H2,1H3,(H3,28,32,33,34,36). The van der Waals surface area contributed by atoms with Gasteiger partial charge in [0.1, 0.15) is 35.2 Å². The molecule has 36 heavy (non-hydrogen) atoms. The lowest BCUT2D eigenvalue weighted by atomic mass is 9.77. The van der Waals surface area contributed by atoms with Crippen LogP contribution in [0.4, 0.5) is 29.2 Å². The molecule has 1 unspecified atom stereocenters. The van der Waals surface area contributed by atoms with E-state index in [4.69, 9.17) is 17.3 Å². The van der Waals surface area contributed by atoms with Gasteiger partial charge in [0, 0.05) is 6.42 Å². The number of carbonyl (C=O) groups excluding carboxylic acids is 1. The van der Waals surface area contributed by atoms with E-state index in [0.29, 0.717) is 17.1 Å². The maximum atomic E-state index is 14.2. The summed E-state index contributed by atoms with van der Waals surface area (Å²) in [5.74, 6) is -0.608. The van der Waals surface area contributed by atoms with E-state index in [0.717, 1.165) is 6.07 Å². The molecule has 2 aromatic rings. The molecule has 0 fully saturated rings. The van der Waals surface area contributed by atoms with Crippen molar-refractivity contribution < 1.29 is 22.4 Å². The molecule has 0 spiro atoms. The van der Waals surface area contributed by atoms with Crippen molar-refractivity contribution in [2.75, 3.05) is 17.7 Å². The van der Waals surface area contributed by atoms with Crippen LogP contribution in [0.15, 0.2) is 34.4 Å². The molecule has 5 rings (SSSR count). The fourth-order valence-corrected chi connectivity index (χ4v) is 4.48. The number of fused-ring (bicyclic) bond motifs is 2. The number of hydrazine groups is 1. The van der Waals surface area contributed by atoms with E-state index in [2.05, 4.69) is 30.7 Å². The van der Waals surface area contributed by atoms with Crippen LogP contribution in [0.2, 0.25) is 5.02 Å². The summed E-state index contributed by atoms with van der Waals surface area (Å²) in [4.78, 5) is 30.5. The summed E-state index contributed by atoms with van der Waals surface area (Å²) in [5, 5.41) is 4.12. The van der Waals surface area contributed by atoms with Crippen molar-refractivity contribution in [2.24, 2.45) is 9.98 Å². The number of alkyl halides is 3. The molecule has 1 aromatic carbocycles. The van der Waals surface area contributed by atoms with Gasteiger partial charge in [-0.2, -0.15) is 13.2 Å². The van der Waals surface area contributed by atoms with Crippen molar-refractivity contribution in [1.29, 1.82) is 0 Å². The van der Waals surface area contributed by atoms with Crippen molar-refractivity contribution in [3.63, 3.8) is 0 Å². The highest BCUT2D eigenvalue weighted by Gasteiger charge is 2.48. The molecule has 9 nitrogen and oxygen atoms in total. The summed E-state index contributed by atoms with van der Waals surface area (Å²) in [7, 11) is 0. The lowest BCUT2D eigenvalue weighted by Gasteiger charge is -2.24. The van der Waals surface area contributed by atoms with Crippen molar-refractivity contribution in [3.05, 3.63) is 52.2 Å². The summed E-state index contributed by atoms with van der Waals surface area (Å²) >= 11 is 5.79. The molecule has 4 heterocycles. The summed E-state index contributed by atoms with van der Waals surface area (Å²) in [6.07, 6.45) is -3.82. The average Bonchev–Trinajstić information content (AvgIpc) is 3.37. The van der Waals surface area contributed by atoms with Gasteiger partial charge in [-0.05, 0) is 37.5 Å². The van der Waals surface area contributed by atoms with Gasteiger partial charge in [0.2, 0.25) is 5.91 Å². The Morgan fingerprint density at radius 2 is 2.06 bits per heavy atom. The predicted molar refractivity (Wildman–Crippen MR) is 126 cm³/mol. The first-order valence-electron chi connectivity index (χ1n) is 10.9. The smallest absolute Gasteiger partial charge is 0.383 e. The van der Waals surface area contributed by atoms with Crippen molar-refractivity contribution >= 4 is 46.4 Å². The number of rotatable bonds is 5. The molecule has 4 N–H and O–H groups in total. The molecule has 0 radical (unpaired) electrons. The SMILES string of the molecule is CC1(c2ccc(Cl)c(F)c2)C(=O)Nc2nc(C3=CN4NCN=C4C(CCCC(F)(F)F)=N3)nc(N)c21. The molecule has 188 valence electrons. The minimum Gasteiger partial charge on any atom is -0.383 e. The van der Waals surface area contributed by atoms with Gasteiger partial charge in [0.25, 0.3) is 0 Å². The van der Waals surface area contributed by atoms with Crippen LogP contribution >= 0.6 is 11.6 Å². The Hall–Kier alpha value is -3.58. The molecular formula is C22H19ClF4N8O. The van der Waals surface area contributed by atoms with Crippen LogP contribution in [-0.4, -0.2) is 45.3 Å². The Morgan fingerprint density at radius 1 is 1.28 bits per heavy atom. The van der Waals surface area contributed by atoms with Crippen LogP contribution in [0.1, 0.15) is 43.1 Å². The number of amides is 1. The van der Waals surface area contributed by atoms with E-state index >= 15 is 0 Å². The lowest BCUT2D eigenvalue weighted by molar-refractivity contribution is -0.135. The normalized spacial score (nSPS) is 21.0. The van der Waals surface area contributed by atoms with Crippen molar-refractivity contribution in [3.8, 4) is 0 Å². The quantitative estimate of drug-likeness (QED) is 0.514. The number of aliphatic imine (C=N–C) groups is 2. The zero-order valence-corrected chi connectivity index (χ0v) is 19.5. The zero-order chi connectivity index (χ0) is 25.8. The molecule has 14 heteroatoms. The maximum Gasteiger partial charge on any atom is 0.389 e. The minimum absolute atomic E-state index is 0.0326. The van der Waals surface area contributed by atoms with Gasteiger partial charge in [-0.25, -0.2) is 29.8 Å². The molecule has 3 aliphatic heterocycles. The van der Waals surface area contributed by atoms with Gasteiger partial charge in [-0.15, -0.1) is 0 Å². The Balaban J connectivity index is 1.51. The monoisotopic (exact) mass is 522 g/mol. The maximum absolute atomic E-state index is 14.2. The Morgan fingerprint density at radius 3 is 2.78 bits per heavy atom. The van der Waals surface area contributed by atoms with E-state index < -0.39 is 29.7 Å². The van der Waals surface area contributed by atoms with Crippen LogP contribution in [0.3, 0.4) is 0 Å². The molecule has 1 atom stereocenters. The van der Waals surface area contributed by atoms with Crippen LogP contribution in [0, 0.1) is 5.82 Å². The average molecular weight is 523 g/mol. The van der Waals surface area contributed by atoms with Crippen molar-refractivity contribution in [1.82, 2.24) is 20.4 Å². The third-order valence-electron chi connectivity index (χ3n) is 6.19. The molecule has 0 bridgehead atoms. The summed E-state index contributed by atoms with van der Waals surface area (Å²) in [6, 6.07) is 4.03. The first kappa shape index (κ1) is 24.1. The van der Waals surface area contributed by atoms with E-state index in [1.165, 1.54) is 17.1 Å². The van der Waals surface area contributed by atoms with Gasteiger partial charge in [-0.3, -0.25) is 9.80 Å². The fourth-order valence-electron chi connectivity index (χ4n) is 4.36. The molecule has 3 aliphatic rings. The Kier molecular flexibility index (Phi) is 5.71.